The molecule has 15 heavy (non-hydrogen) atoms. The molecule has 0 bridgehead atoms. The van der Waals surface area contributed by atoms with Crippen LogP contribution in [0.2, 0.25) is 0 Å². The summed E-state index contributed by atoms with van der Waals surface area (Å²) in [5.41, 5.74) is 6.51. The molecule has 80 valence electrons. The number of rotatable bonds is 3. The molecule has 6 nitrogen and oxygen atoms in total. The van der Waals surface area contributed by atoms with E-state index in [9.17, 15) is 4.79 Å². The first-order valence-corrected chi connectivity index (χ1v) is 4.35. The lowest BCUT2D eigenvalue weighted by Gasteiger charge is -2.07. The van der Waals surface area contributed by atoms with E-state index >= 15 is 0 Å². The molecule has 0 fully saturated rings. The molecule has 4 N–H and O–H groups in total. The molecule has 6 heteroatoms. The molecular formula is C9H13N5O. The zero-order valence-corrected chi connectivity index (χ0v) is 8.61. The zero-order valence-electron chi connectivity index (χ0n) is 8.61. The Morgan fingerprint density at radius 3 is 3.00 bits per heavy atom. The Bertz CT molecular complexity index is 446. The van der Waals surface area contributed by atoms with Gasteiger partial charge < -0.3 is 11.1 Å². The lowest BCUT2D eigenvalue weighted by Crippen LogP contribution is -2.15. The van der Waals surface area contributed by atoms with Crippen LogP contribution in [-0.4, -0.2) is 22.7 Å². The maximum absolute atomic E-state index is 11.0. The van der Waals surface area contributed by atoms with E-state index in [0.717, 1.165) is 5.71 Å². The van der Waals surface area contributed by atoms with Crippen molar-refractivity contribution < 1.29 is 0 Å². The van der Waals surface area contributed by atoms with Crippen molar-refractivity contribution in [3.8, 4) is 0 Å². The summed E-state index contributed by atoms with van der Waals surface area (Å²) >= 11 is 0. The lowest BCUT2D eigenvalue weighted by molar-refractivity contribution is 1.11. The Kier molecular flexibility index (Phi) is 3.61. The smallest absolute Gasteiger partial charge is 0.252 e. The van der Waals surface area contributed by atoms with Crippen molar-refractivity contribution in [3.05, 3.63) is 34.5 Å². The first-order chi connectivity index (χ1) is 7.17. The SMILES string of the molecule is CN=C(C)/C(=C\N)Nc1nccc(=O)[nH]1. The van der Waals surface area contributed by atoms with Crippen molar-refractivity contribution in [1.82, 2.24) is 9.97 Å². The Labute approximate surface area is 87.0 Å². The summed E-state index contributed by atoms with van der Waals surface area (Å²) < 4.78 is 0. The molecule has 0 spiro atoms. The second-order valence-corrected chi connectivity index (χ2v) is 2.80. The van der Waals surface area contributed by atoms with E-state index in [-0.39, 0.29) is 5.56 Å². The molecule has 0 atom stereocenters. The summed E-state index contributed by atoms with van der Waals surface area (Å²) in [6, 6.07) is 1.33. The molecule has 0 radical (unpaired) electrons. The number of nitrogens with zero attached hydrogens (tertiary/aromatic N) is 2. The average Bonchev–Trinajstić information content (AvgIpc) is 2.25. The summed E-state index contributed by atoms with van der Waals surface area (Å²) in [5, 5.41) is 2.86. The number of anilines is 1. The van der Waals surface area contributed by atoms with Crippen LogP contribution in [0.25, 0.3) is 0 Å². The van der Waals surface area contributed by atoms with Crippen LogP contribution in [0, 0.1) is 0 Å². The maximum atomic E-state index is 11.0. The van der Waals surface area contributed by atoms with Gasteiger partial charge in [0, 0.05) is 25.5 Å². The van der Waals surface area contributed by atoms with Crippen LogP contribution in [0.5, 0.6) is 0 Å². The number of allylic oxidation sites excluding steroid dienone is 1. The van der Waals surface area contributed by atoms with Crippen molar-refractivity contribution >= 4 is 11.7 Å². The van der Waals surface area contributed by atoms with E-state index < -0.39 is 0 Å². The largest absolute Gasteiger partial charge is 0.403 e. The third-order valence-electron chi connectivity index (χ3n) is 1.82. The van der Waals surface area contributed by atoms with Gasteiger partial charge in [-0.15, -0.1) is 0 Å². The van der Waals surface area contributed by atoms with Crippen LogP contribution in [0.3, 0.4) is 0 Å². The number of aromatic amines is 1. The van der Waals surface area contributed by atoms with Crippen molar-refractivity contribution in [2.75, 3.05) is 12.4 Å². The van der Waals surface area contributed by atoms with Gasteiger partial charge in [0.05, 0.1) is 11.4 Å². The number of aromatic nitrogens is 2. The molecule has 1 aromatic rings. The minimum Gasteiger partial charge on any atom is -0.403 e. The third kappa shape index (κ3) is 2.94. The second kappa shape index (κ2) is 4.94. The lowest BCUT2D eigenvalue weighted by atomic mass is 10.3. The zero-order chi connectivity index (χ0) is 11.3. The Hall–Kier alpha value is -2.11. The van der Waals surface area contributed by atoms with Crippen molar-refractivity contribution in [2.24, 2.45) is 10.7 Å². The van der Waals surface area contributed by atoms with Gasteiger partial charge in [0.25, 0.3) is 5.56 Å². The van der Waals surface area contributed by atoms with Gasteiger partial charge in [0.1, 0.15) is 0 Å². The predicted octanol–water partition coefficient (Wildman–Crippen LogP) is 0.0726. The molecule has 0 amide bonds. The monoisotopic (exact) mass is 207 g/mol. The Morgan fingerprint density at radius 2 is 2.47 bits per heavy atom. The minimum atomic E-state index is -0.227. The van der Waals surface area contributed by atoms with E-state index in [2.05, 4.69) is 20.3 Å². The van der Waals surface area contributed by atoms with E-state index in [1.165, 1.54) is 18.5 Å². The van der Waals surface area contributed by atoms with Crippen LogP contribution in [0.1, 0.15) is 6.92 Å². The Morgan fingerprint density at radius 1 is 1.73 bits per heavy atom. The third-order valence-corrected chi connectivity index (χ3v) is 1.82. The normalized spacial score (nSPS) is 12.7. The van der Waals surface area contributed by atoms with E-state index in [0.29, 0.717) is 11.6 Å². The van der Waals surface area contributed by atoms with Gasteiger partial charge in [-0.2, -0.15) is 0 Å². The summed E-state index contributed by atoms with van der Waals surface area (Å²) in [5.74, 6) is 0.335. The molecule has 0 aromatic carbocycles. The number of hydrogen-bond donors (Lipinski definition) is 3. The predicted molar refractivity (Wildman–Crippen MR) is 59.8 cm³/mol. The number of hydrogen-bond acceptors (Lipinski definition) is 5. The van der Waals surface area contributed by atoms with E-state index in [4.69, 9.17) is 5.73 Å². The Balaban J connectivity index is 2.90. The molecule has 0 aliphatic rings. The molecule has 1 heterocycles. The van der Waals surface area contributed by atoms with Crippen molar-refractivity contribution in [1.29, 1.82) is 0 Å². The van der Waals surface area contributed by atoms with Crippen LogP contribution >= 0.6 is 0 Å². The van der Waals surface area contributed by atoms with Crippen LogP contribution in [0.4, 0.5) is 5.95 Å². The fourth-order valence-corrected chi connectivity index (χ4v) is 0.934. The fourth-order valence-electron chi connectivity index (χ4n) is 0.934. The summed E-state index contributed by atoms with van der Waals surface area (Å²) in [7, 11) is 1.65. The van der Waals surface area contributed by atoms with Gasteiger partial charge in [-0.25, -0.2) is 4.98 Å². The number of nitrogens with one attached hydrogen (secondary N) is 2. The minimum absolute atomic E-state index is 0.227. The number of H-pyrrole nitrogens is 1. The fraction of sp³-hybridized carbons (Fsp3) is 0.222. The quantitative estimate of drug-likeness (QED) is 0.611. The molecule has 0 saturated heterocycles. The van der Waals surface area contributed by atoms with Gasteiger partial charge in [-0.3, -0.25) is 14.8 Å². The summed E-state index contributed by atoms with van der Waals surface area (Å²) in [6.45, 7) is 1.80. The number of aliphatic imine (C=N–C) groups is 1. The van der Waals surface area contributed by atoms with E-state index in [1.807, 2.05) is 0 Å². The molecule has 1 rings (SSSR count). The molecular weight excluding hydrogens is 194 g/mol. The highest BCUT2D eigenvalue weighted by Gasteiger charge is 2.01. The van der Waals surface area contributed by atoms with E-state index in [1.54, 1.807) is 14.0 Å². The number of nitrogens with two attached hydrogens (primary N) is 1. The highest BCUT2D eigenvalue weighted by atomic mass is 16.1. The highest BCUT2D eigenvalue weighted by molar-refractivity contribution is 6.00. The van der Waals surface area contributed by atoms with Crippen molar-refractivity contribution in [3.63, 3.8) is 0 Å². The van der Waals surface area contributed by atoms with Crippen LogP contribution in [-0.2, 0) is 0 Å². The van der Waals surface area contributed by atoms with Gasteiger partial charge in [0.2, 0.25) is 5.95 Å². The first-order valence-electron chi connectivity index (χ1n) is 4.35. The standard InChI is InChI=1S/C9H13N5O/c1-6(11-2)7(5-10)13-9-12-4-3-8(15)14-9/h3-5H,10H2,1-2H3,(H2,12,13,14,15)/b7-5+,11-6?. The molecule has 0 unspecified atom stereocenters. The molecule has 0 aliphatic carbocycles. The second-order valence-electron chi connectivity index (χ2n) is 2.80. The highest BCUT2D eigenvalue weighted by Crippen LogP contribution is 2.00. The molecule has 0 aliphatic heterocycles. The summed E-state index contributed by atoms with van der Waals surface area (Å²) in [4.78, 5) is 21.4. The van der Waals surface area contributed by atoms with Crippen LogP contribution < -0.4 is 16.6 Å². The first kappa shape index (κ1) is 11.0. The average molecular weight is 207 g/mol. The van der Waals surface area contributed by atoms with Gasteiger partial charge in [0.15, 0.2) is 0 Å². The maximum Gasteiger partial charge on any atom is 0.252 e. The molecule has 1 aromatic heterocycles. The molecule has 0 saturated carbocycles. The van der Waals surface area contributed by atoms with Crippen LogP contribution in [0.15, 0.2) is 33.9 Å². The van der Waals surface area contributed by atoms with Crippen molar-refractivity contribution in [2.45, 2.75) is 6.92 Å². The topological polar surface area (TPSA) is 96.2 Å². The van der Waals surface area contributed by atoms with Gasteiger partial charge >= 0.3 is 0 Å². The summed E-state index contributed by atoms with van der Waals surface area (Å²) in [6.07, 6.45) is 2.78. The van der Waals surface area contributed by atoms with Gasteiger partial charge in [-0.1, -0.05) is 0 Å². The van der Waals surface area contributed by atoms with Gasteiger partial charge in [-0.05, 0) is 6.92 Å².